The first-order chi connectivity index (χ1) is 20.5. The number of ether oxygens (including phenoxy) is 1. The smallest absolute Gasteiger partial charge is 0.405 e. The standard InChI is InChI=1S/C29H21F5N6O3/c30-27(31)43-17-4-1-15(2-5-17)23-24(42)19(12-39-10-7-21(36-26(23)39)35-14-29(32,33)34)16-3-6-20-18(11-16)25-28(8-9-28)37-22(41)13-40(25)38-20/h1-7,10-12,27H,8-9,13-14H2,(H,35,36)(H,37,41). The molecule has 0 bridgehead atoms. The Hall–Kier alpha value is -5.01. The van der Waals surface area contributed by atoms with Crippen LogP contribution in [0.3, 0.4) is 0 Å². The molecule has 1 aliphatic carbocycles. The number of rotatable bonds is 6. The molecule has 1 amide bonds. The maximum absolute atomic E-state index is 14.1. The molecule has 14 heteroatoms. The van der Waals surface area contributed by atoms with Crippen LogP contribution >= 0.6 is 0 Å². The molecule has 5 aromatic rings. The van der Waals surface area contributed by atoms with Gasteiger partial charge in [0.05, 0.1) is 22.3 Å². The van der Waals surface area contributed by atoms with Crippen LogP contribution in [0.5, 0.6) is 5.75 Å². The van der Waals surface area contributed by atoms with E-state index in [1.165, 1.54) is 40.9 Å². The second-order valence-corrected chi connectivity index (χ2v) is 10.5. The Bertz CT molecular complexity index is 1980. The predicted molar refractivity (Wildman–Crippen MR) is 146 cm³/mol. The van der Waals surface area contributed by atoms with Gasteiger partial charge in [-0.05, 0) is 54.3 Å². The number of halogens is 5. The van der Waals surface area contributed by atoms with Gasteiger partial charge in [0.2, 0.25) is 5.91 Å². The molecule has 4 heterocycles. The van der Waals surface area contributed by atoms with Crippen LogP contribution in [0.2, 0.25) is 0 Å². The number of anilines is 1. The van der Waals surface area contributed by atoms with E-state index in [0.717, 1.165) is 23.9 Å². The van der Waals surface area contributed by atoms with E-state index < -0.39 is 30.3 Å². The molecule has 1 spiro atoms. The number of carbonyl (C=O) groups is 1. The minimum atomic E-state index is -4.49. The summed E-state index contributed by atoms with van der Waals surface area (Å²) in [6, 6.07) is 12.0. The highest BCUT2D eigenvalue weighted by atomic mass is 19.4. The number of amides is 1. The van der Waals surface area contributed by atoms with E-state index in [1.54, 1.807) is 23.0 Å². The van der Waals surface area contributed by atoms with E-state index in [0.29, 0.717) is 16.6 Å². The number of fused-ring (bicyclic) bond motifs is 5. The van der Waals surface area contributed by atoms with Gasteiger partial charge in [-0.15, -0.1) is 0 Å². The molecule has 2 aliphatic rings. The second kappa shape index (κ2) is 9.51. The van der Waals surface area contributed by atoms with E-state index in [2.05, 4.69) is 25.5 Å². The van der Waals surface area contributed by atoms with Crippen LogP contribution in [-0.2, 0) is 16.9 Å². The lowest BCUT2D eigenvalue weighted by molar-refractivity contribution is -0.124. The number of aromatic nitrogens is 4. The average Bonchev–Trinajstić information content (AvgIpc) is 3.59. The number of hydrogen-bond donors (Lipinski definition) is 2. The number of nitrogens with zero attached hydrogens (tertiary/aromatic N) is 4. The summed E-state index contributed by atoms with van der Waals surface area (Å²) >= 11 is 0. The van der Waals surface area contributed by atoms with E-state index in [1.807, 2.05) is 6.07 Å². The summed E-state index contributed by atoms with van der Waals surface area (Å²) in [4.78, 5) is 30.7. The third-order valence-electron chi connectivity index (χ3n) is 7.59. The fourth-order valence-electron chi connectivity index (χ4n) is 5.62. The first kappa shape index (κ1) is 26.9. The highest BCUT2D eigenvalue weighted by Crippen LogP contribution is 2.49. The highest BCUT2D eigenvalue weighted by Gasteiger charge is 2.51. The van der Waals surface area contributed by atoms with Crippen LogP contribution in [0.4, 0.5) is 27.8 Å². The molecule has 9 nitrogen and oxygen atoms in total. The average molecular weight is 597 g/mol. The minimum absolute atomic E-state index is 0.0554. The molecule has 7 rings (SSSR count). The van der Waals surface area contributed by atoms with Crippen molar-refractivity contribution in [2.24, 2.45) is 0 Å². The first-order valence-corrected chi connectivity index (χ1v) is 13.2. The largest absolute Gasteiger partial charge is 0.435 e. The molecule has 43 heavy (non-hydrogen) atoms. The van der Waals surface area contributed by atoms with Crippen molar-refractivity contribution in [3.63, 3.8) is 0 Å². The molecule has 0 radical (unpaired) electrons. The fraction of sp³-hybridized carbons (Fsp3) is 0.241. The van der Waals surface area contributed by atoms with Crippen LogP contribution in [0.25, 0.3) is 38.8 Å². The number of benzene rings is 2. The summed E-state index contributed by atoms with van der Waals surface area (Å²) in [6.45, 7) is -4.28. The summed E-state index contributed by atoms with van der Waals surface area (Å²) in [5.74, 6) is -0.345. The van der Waals surface area contributed by atoms with E-state index >= 15 is 0 Å². The monoisotopic (exact) mass is 596 g/mol. The Balaban J connectivity index is 1.40. The van der Waals surface area contributed by atoms with Crippen molar-refractivity contribution >= 4 is 28.3 Å². The summed E-state index contributed by atoms with van der Waals surface area (Å²) in [5, 5.41) is 10.7. The lowest BCUT2D eigenvalue weighted by Gasteiger charge is -2.24. The van der Waals surface area contributed by atoms with Crippen molar-refractivity contribution in [2.45, 2.75) is 37.7 Å². The Morgan fingerprint density at radius 2 is 1.79 bits per heavy atom. The lowest BCUT2D eigenvalue weighted by atomic mass is 9.97. The van der Waals surface area contributed by atoms with Gasteiger partial charge < -0.3 is 19.8 Å². The molecule has 3 aromatic heterocycles. The Kier molecular flexibility index (Phi) is 5.94. The van der Waals surface area contributed by atoms with Gasteiger partial charge in [0, 0.05) is 23.3 Å². The maximum Gasteiger partial charge on any atom is 0.405 e. The summed E-state index contributed by atoms with van der Waals surface area (Å²) in [7, 11) is 0. The van der Waals surface area contributed by atoms with E-state index in [9.17, 15) is 31.5 Å². The maximum atomic E-state index is 14.1. The van der Waals surface area contributed by atoms with Crippen molar-refractivity contribution in [1.82, 2.24) is 24.5 Å². The topological polar surface area (TPSA) is 103 Å². The Labute approximate surface area is 238 Å². The number of hydrogen-bond acceptors (Lipinski definition) is 6. The van der Waals surface area contributed by atoms with Gasteiger partial charge in [-0.25, -0.2) is 4.98 Å². The molecule has 220 valence electrons. The summed E-state index contributed by atoms with van der Waals surface area (Å²) in [5.41, 5.74) is 1.82. The molecule has 0 saturated heterocycles. The van der Waals surface area contributed by atoms with Crippen molar-refractivity contribution < 1.29 is 31.5 Å². The van der Waals surface area contributed by atoms with Gasteiger partial charge in [-0.1, -0.05) is 18.2 Å². The van der Waals surface area contributed by atoms with Crippen LogP contribution in [-0.4, -0.2) is 44.4 Å². The SMILES string of the molecule is O=C1Cn2nc3ccc(-c4cn5ccc(NCC(F)(F)F)nc5c(-c5ccc(OC(F)F)cc5)c4=O)cc3c2C2(CC2)N1. The molecular weight excluding hydrogens is 575 g/mol. The fourth-order valence-corrected chi connectivity index (χ4v) is 5.62. The van der Waals surface area contributed by atoms with Gasteiger partial charge in [0.15, 0.2) is 11.1 Å². The third-order valence-corrected chi connectivity index (χ3v) is 7.59. The molecular formula is C29H21F5N6O3. The molecule has 1 saturated carbocycles. The number of alkyl halides is 5. The zero-order chi connectivity index (χ0) is 30.1. The lowest BCUT2D eigenvalue weighted by Crippen LogP contribution is -2.44. The zero-order valence-corrected chi connectivity index (χ0v) is 22.1. The Morgan fingerprint density at radius 1 is 1.05 bits per heavy atom. The molecule has 0 atom stereocenters. The highest BCUT2D eigenvalue weighted by molar-refractivity contribution is 5.92. The van der Waals surface area contributed by atoms with Crippen LogP contribution in [0.15, 0.2) is 65.7 Å². The normalized spacial score (nSPS) is 15.6. The first-order valence-electron chi connectivity index (χ1n) is 13.2. The van der Waals surface area contributed by atoms with Crippen molar-refractivity contribution in [3.05, 3.63) is 76.8 Å². The number of pyridine rings is 1. The van der Waals surface area contributed by atoms with Gasteiger partial charge in [0.25, 0.3) is 0 Å². The van der Waals surface area contributed by atoms with Crippen molar-refractivity contribution in [3.8, 4) is 28.0 Å². The van der Waals surface area contributed by atoms with Crippen molar-refractivity contribution in [2.75, 3.05) is 11.9 Å². The van der Waals surface area contributed by atoms with Crippen molar-refractivity contribution in [1.29, 1.82) is 0 Å². The zero-order valence-electron chi connectivity index (χ0n) is 22.1. The molecule has 1 aliphatic heterocycles. The quantitative estimate of drug-likeness (QED) is 0.266. The number of nitrogens with one attached hydrogen (secondary N) is 2. The van der Waals surface area contributed by atoms with Gasteiger partial charge in [-0.3, -0.25) is 14.3 Å². The van der Waals surface area contributed by atoms with E-state index in [-0.39, 0.29) is 40.8 Å². The van der Waals surface area contributed by atoms with Gasteiger partial charge in [-0.2, -0.15) is 27.1 Å². The molecule has 1 fully saturated rings. The van der Waals surface area contributed by atoms with Gasteiger partial charge >= 0.3 is 12.8 Å². The van der Waals surface area contributed by atoms with E-state index in [4.69, 9.17) is 0 Å². The van der Waals surface area contributed by atoms with Crippen LogP contribution < -0.4 is 20.8 Å². The number of carbonyl (C=O) groups excluding carboxylic acids is 1. The predicted octanol–water partition coefficient (Wildman–Crippen LogP) is 5.07. The third kappa shape index (κ3) is 4.81. The van der Waals surface area contributed by atoms with Gasteiger partial charge in [0.1, 0.15) is 24.7 Å². The molecule has 2 N–H and O–H groups in total. The summed E-state index contributed by atoms with van der Waals surface area (Å²) in [6.07, 6.45) is 0.0786. The van der Waals surface area contributed by atoms with Crippen LogP contribution in [0.1, 0.15) is 18.5 Å². The Morgan fingerprint density at radius 3 is 2.49 bits per heavy atom. The second-order valence-electron chi connectivity index (χ2n) is 10.5. The minimum Gasteiger partial charge on any atom is -0.435 e. The summed E-state index contributed by atoms with van der Waals surface area (Å²) < 4.78 is 71.7. The molecule has 2 aromatic carbocycles. The van der Waals surface area contributed by atoms with Crippen LogP contribution in [0, 0.1) is 0 Å². The molecule has 0 unspecified atom stereocenters.